The van der Waals surface area contributed by atoms with E-state index in [1.807, 2.05) is 0 Å². The molecule has 0 spiro atoms. The number of fused-ring (bicyclic) bond motifs is 5. The van der Waals surface area contributed by atoms with Gasteiger partial charge >= 0.3 is 0 Å². The molecule has 1 aliphatic carbocycles. The van der Waals surface area contributed by atoms with Crippen molar-refractivity contribution in [2.24, 2.45) is 11.3 Å². The van der Waals surface area contributed by atoms with Gasteiger partial charge in [-0.1, -0.05) is 37.3 Å². The number of aromatic nitrogens is 2. The maximum absolute atomic E-state index is 13.5. The monoisotopic (exact) mass is 455 g/mol. The van der Waals surface area contributed by atoms with Crippen LogP contribution in [0.15, 0.2) is 36.4 Å². The van der Waals surface area contributed by atoms with Crippen molar-refractivity contribution in [2.75, 3.05) is 43.4 Å². The molecule has 2 N–H and O–H groups in total. The van der Waals surface area contributed by atoms with Crippen molar-refractivity contribution in [1.29, 1.82) is 0 Å². The summed E-state index contributed by atoms with van der Waals surface area (Å²) < 4.78 is 0. The molecule has 0 radical (unpaired) electrons. The fraction of sp³-hybridized carbons (Fsp3) is 0.429. The van der Waals surface area contributed by atoms with Gasteiger partial charge < -0.3 is 15.1 Å². The lowest BCUT2D eigenvalue weighted by Crippen LogP contribution is -2.44. The van der Waals surface area contributed by atoms with E-state index >= 15 is 0 Å². The molecule has 3 aromatic rings. The van der Waals surface area contributed by atoms with Gasteiger partial charge in [-0.25, -0.2) is 0 Å². The van der Waals surface area contributed by atoms with Crippen LogP contribution in [0.3, 0.4) is 0 Å². The standard InChI is InChI=1S/C28H33N5O/c1-28-9-8-21(18-28)27(34)29-25-15-22-23(7-6-19-4-3-5-20(14-19)17-28)30-31-24(22)16-26(25)33-12-10-32(2)11-13-33/h3-7,14-16,21H,8-13,17-18H2,1-2H3,(H,29,34)(H,30,31)/b7-6+. The van der Waals surface area contributed by atoms with Crippen LogP contribution in [0.2, 0.25) is 0 Å². The van der Waals surface area contributed by atoms with E-state index < -0.39 is 0 Å². The minimum Gasteiger partial charge on any atom is -0.367 e. The summed E-state index contributed by atoms with van der Waals surface area (Å²) in [5.41, 5.74) is 6.56. The van der Waals surface area contributed by atoms with E-state index in [1.54, 1.807) is 0 Å². The molecule has 2 aliphatic heterocycles. The number of aromatic amines is 1. The number of likely N-dealkylation sites (N-methyl/N-ethyl adjacent to an activating group) is 1. The van der Waals surface area contributed by atoms with Gasteiger partial charge in [0.25, 0.3) is 0 Å². The van der Waals surface area contributed by atoms with E-state index in [1.165, 1.54) is 11.1 Å². The van der Waals surface area contributed by atoms with Crippen molar-refractivity contribution < 1.29 is 4.79 Å². The number of benzene rings is 2. The molecule has 2 fully saturated rings. The molecule has 1 saturated heterocycles. The number of amides is 1. The molecule has 1 aromatic heterocycles. The van der Waals surface area contributed by atoms with Gasteiger partial charge in [0, 0.05) is 37.5 Å². The number of carbonyl (C=O) groups is 1. The highest BCUT2D eigenvalue weighted by molar-refractivity contribution is 6.02. The van der Waals surface area contributed by atoms with E-state index in [-0.39, 0.29) is 17.2 Å². The van der Waals surface area contributed by atoms with Crippen LogP contribution in [0.1, 0.15) is 43.0 Å². The summed E-state index contributed by atoms with van der Waals surface area (Å²) in [6.45, 7) is 6.27. The molecular formula is C28H33N5O. The zero-order valence-corrected chi connectivity index (χ0v) is 20.1. The molecule has 176 valence electrons. The fourth-order valence-electron chi connectivity index (χ4n) is 6.03. The molecule has 6 heteroatoms. The molecule has 3 heterocycles. The Hall–Kier alpha value is -3.12. The average molecular weight is 456 g/mol. The Morgan fingerprint density at radius 1 is 1.09 bits per heavy atom. The van der Waals surface area contributed by atoms with Crippen molar-refractivity contribution in [3.05, 3.63) is 53.2 Å². The Kier molecular flexibility index (Phi) is 5.21. The number of hydrogen-bond donors (Lipinski definition) is 2. The highest BCUT2D eigenvalue weighted by Crippen LogP contribution is 2.45. The second-order valence-corrected chi connectivity index (χ2v) is 10.8. The first-order valence-electron chi connectivity index (χ1n) is 12.5. The number of piperazine rings is 1. The number of carbonyl (C=O) groups excluding carboxylic acids is 1. The van der Waals surface area contributed by atoms with E-state index in [2.05, 4.69) is 87.8 Å². The number of nitrogens with zero attached hydrogens (tertiary/aromatic N) is 3. The van der Waals surface area contributed by atoms with Gasteiger partial charge in [-0.2, -0.15) is 5.10 Å². The number of nitrogens with one attached hydrogen (secondary N) is 2. The predicted molar refractivity (Wildman–Crippen MR) is 139 cm³/mol. The van der Waals surface area contributed by atoms with Crippen LogP contribution >= 0.6 is 0 Å². The van der Waals surface area contributed by atoms with Gasteiger partial charge in [0.15, 0.2) is 0 Å². The van der Waals surface area contributed by atoms with E-state index in [0.29, 0.717) is 0 Å². The lowest BCUT2D eigenvalue weighted by Gasteiger charge is -2.35. The third kappa shape index (κ3) is 4.00. The highest BCUT2D eigenvalue weighted by atomic mass is 16.1. The second-order valence-electron chi connectivity index (χ2n) is 10.8. The van der Waals surface area contributed by atoms with Gasteiger partial charge in [0.2, 0.25) is 5.91 Å². The SMILES string of the molecule is CN1CCN(c2cc3[nH]nc4c3cc2NC(=O)C2CCC(C)(Cc3cccc(c3)/C=C/4)C2)CC1. The van der Waals surface area contributed by atoms with Gasteiger partial charge in [-0.05, 0) is 67.5 Å². The van der Waals surface area contributed by atoms with Crippen LogP contribution in [0.4, 0.5) is 11.4 Å². The van der Waals surface area contributed by atoms with E-state index in [4.69, 9.17) is 0 Å². The highest BCUT2D eigenvalue weighted by Gasteiger charge is 2.38. The first-order valence-corrected chi connectivity index (χ1v) is 12.5. The minimum atomic E-state index is 0.0521. The Labute approximate surface area is 201 Å². The van der Waals surface area contributed by atoms with Gasteiger partial charge in [0.05, 0.1) is 22.6 Å². The Bertz CT molecular complexity index is 1270. The third-order valence-corrected chi connectivity index (χ3v) is 8.03. The quantitative estimate of drug-likeness (QED) is 0.554. The summed E-state index contributed by atoms with van der Waals surface area (Å²) in [5, 5.41) is 12.2. The summed E-state index contributed by atoms with van der Waals surface area (Å²) >= 11 is 0. The fourth-order valence-corrected chi connectivity index (χ4v) is 6.03. The first kappa shape index (κ1) is 21.4. The van der Waals surface area contributed by atoms with Crippen LogP contribution < -0.4 is 10.2 Å². The van der Waals surface area contributed by atoms with Crippen LogP contribution in [0.25, 0.3) is 23.1 Å². The lowest BCUT2D eigenvalue weighted by atomic mass is 9.81. The molecule has 2 aromatic carbocycles. The van der Waals surface area contributed by atoms with Crippen molar-refractivity contribution in [3.63, 3.8) is 0 Å². The minimum absolute atomic E-state index is 0.0521. The molecule has 6 nitrogen and oxygen atoms in total. The Balaban J connectivity index is 1.46. The topological polar surface area (TPSA) is 64.3 Å². The molecule has 3 aliphatic rings. The van der Waals surface area contributed by atoms with Crippen LogP contribution in [-0.4, -0.2) is 54.2 Å². The van der Waals surface area contributed by atoms with Gasteiger partial charge in [-0.3, -0.25) is 9.89 Å². The maximum atomic E-state index is 13.5. The van der Waals surface area contributed by atoms with Crippen molar-refractivity contribution in [1.82, 2.24) is 15.1 Å². The number of rotatable bonds is 1. The molecular weight excluding hydrogens is 422 g/mol. The van der Waals surface area contributed by atoms with Crippen molar-refractivity contribution in [3.8, 4) is 0 Å². The van der Waals surface area contributed by atoms with Crippen LogP contribution in [-0.2, 0) is 11.2 Å². The maximum Gasteiger partial charge on any atom is 0.227 e. The largest absolute Gasteiger partial charge is 0.367 e. The second kappa shape index (κ2) is 8.27. The van der Waals surface area contributed by atoms with Crippen molar-refractivity contribution in [2.45, 2.75) is 32.6 Å². The summed E-state index contributed by atoms with van der Waals surface area (Å²) in [6.07, 6.45) is 8.19. The van der Waals surface area contributed by atoms with Crippen molar-refractivity contribution >= 4 is 40.3 Å². The van der Waals surface area contributed by atoms with Crippen LogP contribution in [0, 0.1) is 11.3 Å². The van der Waals surface area contributed by atoms with E-state index in [9.17, 15) is 4.79 Å². The van der Waals surface area contributed by atoms with Gasteiger partial charge in [-0.15, -0.1) is 0 Å². The molecule has 1 saturated carbocycles. The zero-order chi connectivity index (χ0) is 23.3. The number of hydrogen-bond acceptors (Lipinski definition) is 4. The van der Waals surface area contributed by atoms with E-state index in [0.717, 1.165) is 79.8 Å². The summed E-state index contributed by atoms with van der Waals surface area (Å²) in [7, 11) is 2.16. The summed E-state index contributed by atoms with van der Waals surface area (Å²) in [4.78, 5) is 18.2. The number of H-pyrrole nitrogens is 1. The molecule has 2 atom stereocenters. The van der Waals surface area contributed by atoms with Crippen LogP contribution in [0.5, 0.6) is 0 Å². The first-order chi connectivity index (χ1) is 16.5. The zero-order valence-electron chi connectivity index (χ0n) is 20.1. The van der Waals surface area contributed by atoms with Gasteiger partial charge in [0.1, 0.15) is 0 Å². The molecule has 2 unspecified atom stereocenters. The smallest absolute Gasteiger partial charge is 0.227 e. The predicted octanol–water partition coefficient (Wildman–Crippen LogP) is 4.79. The number of anilines is 2. The molecule has 6 rings (SSSR count). The average Bonchev–Trinajstić information content (AvgIpc) is 3.40. The summed E-state index contributed by atoms with van der Waals surface area (Å²) in [5.74, 6) is 0.207. The lowest BCUT2D eigenvalue weighted by molar-refractivity contribution is -0.119. The summed E-state index contributed by atoms with van der Waals surface area (Å²) in [6, 6.07) is 13.1. The molecule has 34 heavy (non-hydrogen) atoms. The normalized spacial score (nSPS) is 26.4. The molecule has 1 amide bonds. The Morgan fingerprint density at radius 3 is 2.79 bits per heavy atom. The third-order valence-electron chi connectivity index (χ3n) is 8.03. The Morgan fingerprint density at radius 2 is 1.94 bits per heavy atom. The molecule has 6 bridgehead atoms.